The van der Waals surface area contributed by atoms with Crippen LogP contribution in [0.5, 0.6) is 0 Å². The Morgan fingerprint density at radius 3 is 1.52 bits per heavy atom. The number of imidazole rings is 4. The number of pyridine rings is 4. The number of fused-ring (bicyclic) bond motifs is 4. The Morgan fingerprint density at radius 2 is 1.01 bits per heavy atom. The fraction of sp³-hybridized carbons (Fsp3) is 0.194. The van der Waals surface area contributed by atoms with E-state index in [2.05, 4.69) is 50.7 Å². The Morgan fingerprint density at radius 1 is 0.535 bits per heavy atom. The van der Waals surface area contributed by atoms with E-state index in [1.165, 1.54) is 65.1 Å². The molecule has 24 heteroatoms. The van der Waals surface area contributed by atoms with Crippen molar-refractivity contribution in [3.05, 3.63) is 219 Å². The highest BCUT2D eigenvalue weighted by molar-refractivity contribution is 9.10. The van der Waals surface area contributed by atoms with Crippen LogP contribution in [0.15, 0.2) is 182 Å². The van der Waals surface area contributed by atoms with E-state index >= 15 is 0 Å². The third kappa shape index (κ3) is 17.2. The van der Waals surface area contributed by atoms with Gasteiger partial charge in [-0.3, -0.25) is 18.0 Å². The van der Waals surface area contributed by atoms with Crippen molar-refractivity contribution in [2.45, 2.75) is 38.5 Å². The molecule has 19 nitrogen and oxygen atoms in total. The number of hydrogen-bond acceptors (Lipinski definition) is 13. The third-order valence-electron chi connectivity index (χ3n) is 13.5. The summed E-state index contributed by atoms with van der Waals surface area (Å²) in [5.74, 6) is -1.56. The molecule has 3 aromatic carbocycles. The number of carboxylic acid groups (broad SMARTS) is 1. The summed E-state index contributed by atoms with van der Waals surface area (Å²) in [7, 11) is 1.28. The first kappa shape index (κ1) is 63.6. The second-order valence-electron chi connectivity index (χ2n) is 19.3. The minimum atomic E-state index is -1.43. The van der Waals surface area contributed by atoms with E-state index in [1.807, 2.05) is 95.7 Å². The molecule has 0 radical (unpaired) electrons. The maximum atomic E-state index is 12.6. The van der Waals surface area contributed by atoms with E-state index in [0.29, 0.717) is 48.5 Å². The SMILES string of the molecule is C1CCNCC1.COC(=O)c1ccn2c(Br)cnc2c1.COC(=O)c1ccn2ccnc2c1.O=C(O)c1ccn2c(-c3cccc(Cl)c3)cnc2c1.O=C(c1ccn2c(-c3cccc(Cl)c3)cnc2c1)N1CCCCC1.OB(O)c1cccc(Cl)c1. The number of ether oxygens (including phenoxy) is 2. The molecule has 4 N–H and O–H groups in total. The van der Waals surface area contributed by atoms with Crippen LogP contribution < -0.4 is 10.8 Å². The lowest BCUT2D eigenvalue weighted by Crippen LogP contribution is -2.35. The zero-order valence-corrected chi connectivity index (χ0v) is 50.6. The van der Waals surface area contributed by atoms with Crippen molar-refractivity contribution >= 4 is 110 Å². The zero-order chi connectivity index (χ0) is 61.1. The van der Waals surface area contributed by atoms with E-state index in [1.54, 1.807) is 91.8 Å². The number of nitrogens with zero attached hydrogens (tertiary/aromatic N) is 9. The van der Waals surface area contributed by atoms with Crippen LogP contribution in [-0.2, 0) is 9.47 Å². The minimum absolute atomic E-state index is 0.101. The van der Waals surface area contributed by atoms with Gasteiger partial charge < -0.3 is 39.2 Å². The summed E-state index contributed by atoms with van der Waals surface area (Å²) < 4.78 is 17.5. The van der Waals surface area contributed by atoms with Crippen molar-refractivity contribution < 1.29 is 43.8 Å². The summed E-state index contributed by atoms with van der Waals surface area (Å²) in [5.41, 5.74) is 8.92. The van der Waals surface area contributed by atoms with Gasteiger partial charge in [0.05, 0.1) is 60.9 Å². The third-order valence-corrected chi connectivity index (χ3v) is 14.8. The number of nitrogens with one attached hydrogen (secondary N) is 1. The number of aromatic carboxylic acids is 1. The molecule has 13 rings (SSSR count). The number of carboxylic acids is 1. The number of carbonyl (C=O) groups is 4. The summed E-state index contributed by atoms with van der Waals surface area (Å²) in [6, 6.07) is 35.1. The fourth-order valence-electron chi connectivity index (χ4n) is 9.05. The number of hydrogen-bond donors (Lipinski definition) is 4. The molecule has 86 heavy (non-hydrogen) atoms. The van der Waals surface area contributed by atoms with Gasteiger partial charge in [0.2, 0.25) is 0 Å². The standard InChI is InChI=1S/C19H18ClN3O.C14H9ClN2O2.C9H7BrN2O2.C9H8N2O2.C6H6BClO2.C5H11N/c20-16-6-4-5-14(11-16)17-13-21-18-12-15(7-10-23(17)18)19(24)22-8-2-1-3-9-22;15-11-3-1-2-9(6-11)12-8-16-13-7-10(14(18)19)4-5-17(12)13;1-14-9(13)6-2-3-12-7(10)5-11-8(12)4-6;1-13-9(12)7-2-4-11-5-3-10-8(11)6-7;8-6-3-1-2-5(4-6)7(9)10;1-2-4-6-5-3-1/h4-7,10-13H,1-3,8-9H2;1-8H,(H,18,19);2-5H,1H3;2-6H,1H3;1-4,9-10H;6H,1-5H2. The van der Waals surface area contributed by atoms with Crippen LogP contribution in [-0.4, -0.2) is 129 Å². The normalized spacial score (nSPS) is 12.6. The molecule has 0 atom stereocenters. The average molecular weight is 1290 g/mol. The van der Waals surface area contributed by atoms with Crippen LogP contribution >= 0.6 is 50.7 Å². The lowest BCUT2D eigenvalue weighted by Gasteiger charge is -2.26. The molecule has 0 bridgehead atoms. The highest BCUT2D eigenvalue weighted by Crippen LogP contribution is 2.26. The molecule has 0 saturated carbocycles. The molecule has 10 heterocycles. The van der Waals surface area contributed by atoms with E-state index in [4.69, 9.17) is 50.0 Å². The van der Waals surface area contributed by atoms with Gasteiger partial charge in [-0.15, -0.1) is 0 Å². The Balaban J connectivity index is 0.000000140. The molecule has 0 spiro atoms. The quantitative estimate of drug-likeness (QED) is 0.0859. The summed E-state index contributed by atoms with van der Waals surface area (Å²) in [6.45, 7) is 4.21. The van der Waals surface area contributed by atoms with Gasteiger partial charge in [-0.1, -0.05) is 77.6 Å². The predicted octanol–water partition coefficient (Wildman–Crippen LogP) is 11.4. The van der Waals surface area contributed by atoms with Crippen LogP contribution in [0.2, 0.25) is 15.1 Å². The number of likely N-dealkylation sites (tertiary alicyclic amines) is 1. The van der Waals surface area contributed by atoms with E-state index < -0.39 is 13.1 Å². The van der Waals surface area contributed by atoms with Crippen LogP contribution in [0.3, 0.4) is 0 Å². The van der Waals surface area contributed by atoms with Gasteiger partial charge >= 0.3 is 25.0 Å². The van der Waals surface area contributed by atoms with Crippen LogP contribution in [0.4, 0.5) is 0 Å². The molecule has 0 aliphatic carbocycles. The van der Waals surface area contributed by atoms with E-state index in [9.17, 15) is 19.2 Å². The zero-order valence-electron chi connectivity index (χ0n) is 46.7. The summed E-state index contributed by atoms with van der Waals surface area (Å²) in [6.07, 6.45) is 23.4. The largest absolute Gasteiger partial charge is 0.488 e. The Bertz CT molecular complexity index is 4100. The maximum Gasteiger partial charge on any atom is 0.488 e. The Kier molecular flexibility index (Phi) is 23.0. The van der Waals surface area contributed by atoms with Gasteiger partial charge in [0.1, 0.15) is 27.2 Å². The number of rotatable bonds is 7. The van der Waals surface area contributed by atoms with Crippen molar-refractivity contribution in [3.63, 3.8) is 0 Å². The van der Waals surface area contributed by atoms with Crippen molar-refractivity contribution in [3.8, 4) is 22.5 Å². The molecule has 2 aliphatic rings. The number of amides is 1. The van der Waals surface area contributed by atoms with Gasteiger partial charge in [-0.25, -0.2) is 34.3 Å². The summed E-state index contributed by atoms with van der Waals surface area (Å²) >= 11 is 21.0. The fourth-order valence-corrected chi connectivity index (χ4v) is 10.0. The predicted molar refractivity (Wildman–Crippen MR) is 337 cm³/mol. The molecule has 2 aliphatic heterocycles. The van der Waals surface area contributed by atoms with Gasteiger partial charge in [0.25, 0.3) is 5.91 Å². The molecular formula is C62H59BBrCl3N10O9. The minimum Gasteiger partial charge on any atom is -0.478 e. The second kappa shape index (κ2) is 31.1. The van der Waals surface area contributed by atoms with E-state index in [-0.39, 0.29) is 23.4 Å². The first-order chi connectivity index (χ1) is 41.6. The van der Waals surface area contributed by atoms with Crippen molar-refractivity contribution in [2.75, 3.05) is 40.4 Å². The topological polar surface area (TPSA) is 232 Å². The molecule has 8 aromatic heterocycles. The lowest BCUT2D eigenvalue weighted by molar-refractivity contribution is 0.0592. The van der Waals surface area contributed by atoms with Crippen molar-refractivity contribution in [1.82, 2.24) is 47.8 Å². The molecule has 442 valence electrons. The molecule has 2 saturated heterocycles. The number of piperidine rings is 2. The highest BCUT2D eigenvalue weighted by Gasteiger charge is 2.20. The van der Waals surface area contributed by atoms with Gasteiger partial charge in [0.15, 0.2) is 0 Å². The molecule has 0 unspecified atom stereocenters. The number of esters is 2. The first-order valence-electron chi connectivity index (χ1n) is 27.1. The van der Waals surface area contributed by atoms with Crippen molar-refractivity contribution in [2.24, 2.45) is 0 Å². The number of benzene rings is 3. The summed E-state index contributed by atoms with van der Waals surface area (Å²) in [4.78, 5) is 64.6. The maximum absolute atomic E-state index is 12.6. The number of aromatic nitrogens is 8. The smallest absolute Gasteiger partial charge is 0.478 e. The summed E-state index contributed by atoms with van der Waals surface area (Å²) in [5, 5.41) is 31.4. The molecule has 1 amide bonds. The second-order valence-corrected chi connectivity index (χ2v) is 21.4. The number of carbonyl (C=O) groups excluding carboxylic acids is 3. The van der Waals surface area contributed by atoms with Gasteiger partial charge in [-0.2, -0.15) is 0 Å². The van der Waals surface area contributed by atoms with Gasteiger partial charge in [0, 0.05) is 82.0 Å². The van der Waals surface area contributed by atoms with Crippen LogP contribution in [0.25, 0.3) is 45.1 Å². The highest BCUT2D eigenvalue weighted by atomic mass is 79.9. The van der Waals surface area contributed by atoms with E-state index in [0.717, 1.165) is 64.3 Å². The monoisotopic (exact) mass is 1280 g/mol. The number of halogens is 4. The average Bonchev–Trinajstić information content (AvgIpc) is 3.43. The lowest BCUT2D eigenvalue weighted by atomic mass is 9.81. The number of methoxy groups -OCH3 is 2. The molecular weight excluding hydrogens is 1230 g/mol. The van der Waals surface area contributed by atoms with Gasteiger partial charge in [-0.05, 0) is 152 Å². The first-order valence-corrected chi connectivity index (χ1v) is 29.1. The van der Waals surface area contributed by atoms with Crippen LogP contribution in [0.1, 0.15) is 80.0 Å². The van der Waals surface area contributed by atoms with Crippen LogP contribution in [0, 0.1) is 0 Å². The molecule has 11 aromatic rings. The van der Waals surface area contributed by atoms with Crippen molar-refractivity contribution in [1.29, 1.82) is 0 Å². The Hall–Kier alpha value is -8.41. The molecule has 2 fully saturated rings. The Labute approximate surface area is 518 Å².